The Morgan fingerprint density at radius 1 is 1.50 bits per heavy atom. The Kier molecular flexibility index (Phi) is 5.30. The van der Waals surface area contributed by atoms with Crippen LogP contribution in [-0.2, 0) is 4.79 Å². The number of nitrogens with two attached hydrogens (primary N) is 1. The predicted octanol–water partition coefficient (Wildman–Crippen LogP) is 1.24. The molecule has 100 valence electrons. The van der Waals surface area contributed by atoms with E-state index in [1.54, 1.807) is 14.2 Å². The number of benzene rings is 1. The molecule has 0 saturated heterocycles. The molecule has 0 atom stereocenters. The number of amides is 1. The lowest BCUT2D eigenvalue weighted by Gasteiger charge is -2.25. The molecular formula is C13H21N3O2. The monoisotopic (exact) mass is 251 g/mol. The van der Waals surface area contributed by atoms with Crippen molar-refractivity contribution in [1.29, 1.82) is 0 Å². The molecule has 1 aromatic carbocycles. The number of para-hydroxylation sites is 1. The second-order valence-electron chi connectivity index (χ2n) is 3.99. The fraction of sp³-hybridized carbons (Fsp3) is 0.462. The van der Waals surface area contributed by atoms with E-state index in [0.717, 1.165) is 18.7 Å². The van der Waals surface area contributed by atoms with E-state index in [4.69, 9.17) is 10.5 Å². The number of ether oxygens (including phenoxy) is 1. The van der Waals surface area contributed by atoms with Gasteiger partial charge in [0.15, 0.2) is 0 Å². The third kappa shape index (κ3) is 3.29. The van der Waals surface area contributed by atoms with Gasteiger partial charge < -0.3 is 20.7 Å². The van der Waals surface area contributed by atoms with Crippen LogP contribution in [0.3, 0.4) is 0 Å². The van der Waals surface area contributed by atoms with Crippen LogP contribution in [0.2, 0.25) is 0 Å². The Labute approximate surface area is 108 Å². The molecule has 0 saturated carbocycles. The average molecular weight is 251 g/mol. The number of rotatable bonds is 6. The summed E-state index contributed by atoms with van der Waals surface area (Å²) < 4.78 is 5.19. The highest BCUT2D eigenvalue weighted by atomic mass is 16.5. The SMILES string of the molecule is CCCN(CC(=O)NC)c1cccc(OC)c1N. The van der Waals surface area contributed by atoms with Crippen LogP contribution in [-0.4, -0.2) is 33.2 Å². The molecule has 1 rings (SSSR count). The topological polar surface area (TPSA) is 67.6 Å². The van der Waals surface area contributed by atoms with Crippen LogP contribution in [0.1, 0.15) is 13.3 Å². The van der Waals surface area contributed by atoms with E-state index in [9.17, 15) is 4.79 Å². The van der Waals surface area contributed by atoms with Crippen molar-refractivity contribution in [1.82, 2.24) is 5.32 Å². The predicted molar refractivity (Wildman–Crippen MR) is 74.0 cm³/mol. The zero-order chi connectivity index (χ0) is 13.5. The van der Waals surface area contributed by atoms with E-state index < -0.39 is 0 Å². The quantitative estimate of drug-likeness (QED) is 0.746. The Bertz CT molecular complexity index is 407. The largest absolute Gasteiger partial charge is 0.495 e. The van der Waals surface area contributed by atoms with Gasteiger partial charge in [-0.3, -0.25) is 4.79 Å². The van der Waals surface area contributed by atoms with E-state index in [1.807, 2.05) is 23.1 Å². The van der Waals surface area contributed by atoms with Gasteiger partial charge in [-0.05, 0) is 18.6 Å². The standard InChI is InChI=1S/C13H21N3O2/c1-4-8-16(9-12(17)15-2)10-6-5-7-11(18-3)13(10)14/h5-7H,4,8-9,14H2,1-3H3,(H,15,17). The fourth-order valence-corrected chi connectivity index (χ4v) is 1.79. The van der Waals surface area contributed by atoms with Gasteiger partial charge in [0.2, 0.25) is 5.91 Å². The number of hydrogen-bond acceptors (Lipinski definition) is 4. The summed E-state index contributed by atoms with van der Waals surface area (Å²) in [4.78, 5) is 13.5. The Morgan fingerprint density at radius 3 is 2.78 bits per heavy atom. The van der Waals surface area contributed by atoms with E-state index in [-0.39, 0.29) is 5.91 Å². The maximum Gasteiger partial charge on any atom is 0.239 e. The fourth-order valence-electron chi connectivity index (χ4n) is 1.79. The minimum absolute atomic E-state index is 0.0364. The molecule has 0 aliphatic heterocycles. The minimum Gasteiger partial charge on any atom is -0.495 e. The molecule has 0 aliphatic rings. The highest BCUT2D eigenvalue weighted by Gasteiger charge is 2.14. The lowest BCUT2D eigenvalue weighted by Crippen LogP contribution is -2.36. The van der Waals surface area contributed by atoms with Gasteiger partial charge in [-0.15, -0.1) is 0 Å². The van der Waals surface area contributed by atoms with Crippen LogP contribution in [0.15, 0.2) is 18.2 Å². The van der Waals surface area contributed by atoms with E-state index in [2.05, 4.69) is 12.2 Å². The van der Waals surface area contributed by atoms with Crippen molar-refractivity contribution >= 4 is 17.3 Å². The molecule has 0 unspecified atom stereocenters. The third-order valence-electron chi connectivity index (χ3n) is 2.71. The van der Waals surface area contributed by atoms with E-state index in [0.29, 0.717) is 18.0 Å². The van der Waals surface area contributed by atoms with Crippen LogP contribution in [0.4, 0.5) is 11.4 Å². The van der Waals surface area contributed by atoms with Gasteiger partial charge in [-0.2, -0.15) is 0 Å². The Balaban J connectivity index is 3.01. The number of carbonyl (C=O) groups excluding carboxylic acids is 1. The maximum absolute atomic E-state index is 11.5. The van der Waals surface area contributed by atoms with Crippen LogP contribution in [0.25, 0.3) is 0 Å². The molecule has 0 spiro atoms. The van der Waals surface area contributed by atoms with Crippen LogP contribution < -0.4 is 20.7 Å². The Hall–Kier alpha value is -1.91. The van der Waals surface area contributed by atoms with Crippen molar-refractivity contribution in [3.05, 3.63) is 18.2 Å². The number of nitrogen functional groups attached to an aromatic ring is 1. The van der Waals surface area contributed by atoms with Crippen LogP contribution >= 0.6 is 0 Å². The second-order valence-corrected chi connectivity index (χ2v) is 3.99. The number of likely N-dealkylation sites (N-methyl/N-ethyl adjacent to an activating group) is 1. The Morgan fingerprint density at radius 2 is 2.22 bits per heavy atom. The summed E-state index contributed by atoms with van der Waals surface area (Å²) in [6, 6.07) is 5.58. The van der Waals surface area contributed by atoms with Gasteiger partial charge in [-0.25, -0.2) is 0 Å². The number of methoxy groups -OCH3 is 1. The zero-order valence-electron chi connectivity index (χ0n) is 11.2. The smallest absolute Gasteiger partial charge is 0.239 e. The summed E-state index contributed by atoms with van der Waals surface area (Å²) in [7, 11) is 3.21. The van der Waals surface area contributed by atoms with Crippen molar-refractivity contribution in [3.8, 4) is 5.75 Å². The lowest BCUT2D eigenvalue weighted by molar-refractivity contribution is -0.119. The number of anilines is 2. The minimum atomic E-state index is -0.0364. The number of hydrogen-bond donors (Lipinski definition) is 2. The van der Waals surface area contributed by atoms with Crippen LogP contribution in [0.5, 0.6) is 5.75 Å². The molecule has 5 heteroatoms. The van der Waals surface area contributed by atoms with Crippen molar-refractivity contribution in [2.75, 3.05) is 37.9 Å². The highest BCUT2D eigenvalue weighted by molar-refractivity contribution is 5.84. The van der Waals surface area contributed by atoms with Gasteiger partial charge in [-0.1, -0.05) is 13.0 Å². The first kappa shape index (κ1) is 14.2. The molecular weight excluding hydrogens is 230 g/mol. The molecule has 0 fully saturated rings. The molecule has 3 N–H and O–H groups in total. The number of carbonyl (C=O) groups is 1. The molecule has 0 radical (unpaired) electrons. The van der Waals surface area contributed by atoms with Gasteiger partial charge in [0.1, 0.15) is 5.75 Å². The molecule has 0 aliphatic carbocycles. The van der Waals surface area contributed by atoms with Crippen molar-refractivity contribution in [2.24, 2.45) is 0 Å². The van der Waals surface area contributed by atoms with Crippen molar-refractivity contribution in [2.45, 2.75) is 13.3 Å². The van der Waals surface area contributed by atoms with Gasteiger partial charge in [0.25, 0.3) is 0 Å². The molecule has 0 aromatic heterocycles. The molecule has 0 bridgehead atoms. The summed E-state index contributed by atoms with van der Waals surface area (Å²) in [5.41, 5.74) is 7.44. The summed E-state index contributed by atoms with van der Waals surface area (Å²) in [6.07, 6.45) is 0.938. The van der Waals surface area contributed by atoms with Crippen molar-refractivity contribution in [3.63, 3.8) is 0 Å². The first-order valence-corrected chi connectivity index (χ1v) is 6.02. The number of nitrogens with one attached hydrogen (secondary N) is 1. The summed E-state index contributed by atoms with van der Waals surface area (Å²) >= 11 is 0. The third-order valence-corrected chi connectivity index (χ3v) is 2.71. The first-order valence-electron chi connectivity index (χ1n) is 6.02. The maximum atomic E-state index is 11.5. The molecule has 5 nitrogen and oxygen atoms in total. The lowest BCUT2D eigenvalue weighted by atomic mass is 10.2. The highest BCUT2D eigenvalue weighted by Crippen LogP contribution is 2.31. The molecule has 18 heavy (non-hydrogen) atoms. The molecule has 0 heterocycles. The van der Waals surface area contributed by atoms with E-state index in [1.165, 1.54) is 0 Å². The normalized spacial score (nSPS) is 9.94. The van der Waals surface area contributed by atoms with E-state index >= 15 is 0 Å². The van der Waals surface area contributed by atoms with Gasteiger partial charge in [0.05, 0.1) is 25.0 Å². The molecule has 1 amide bonds. The summed E-state index contributed by atoms with van der Waals surface area (Å²) in [5.74, 6) is 0.594. The van der Waals surface area contributed by atoms with Gasteiger partial charge in [0, 0.05) is 13.6 Å². The summed E-state index contributed by atoms with van der Waals surface area (Å²) in [6.45, 7) is 3.12. The van der Waals surface area contributed by atoms with Gasteiger partial charge >= 0.3 is 0 Å². The average Bonchev–Trinajstić information content (AvgIpc) is 2.38. The number of nitrogens with zero attached hydrogens (tertiary/aromatic N) is 1. The second kappa shape index (κ2) is 6.74. The van der Waals surface area contributed by atoms with Crippen molar-refractivity contribution < 1.29 is 9.53 Å². The molecule has 1 aromatic rings. The van der Waals surface area contributed by atoms with Crippen LogP contribution in [0, 0.1) is 0 Å². The zero-order valence-corrected chi connectivity index (χ0v) is 11.2. The first-order chi connectivity index (χ1) is 8.63. The summed E-state index contributed by atoms with van der Waals surface area (Å²) in [5, 5.41) is 2.62.